The van der Waals surface area contributed by atoms with E-state index in [1.807, 2.05) is 24.3 Å². The molecule has 0 aliphatic heterocycles. The minimum atomic E-state index is -0.233. The van der Waals surface area contributed by atoms with Gasteiger partial charge in [0.1, 0.15) is 22.8 Å². The van der Waals surface area contributed by atoms with Crippen LogP contribution >= 0.6 is 27.3 Å². The molecule has 0 N–H and O–H groups in total. The van der Waals surface area contributed by atoms with Gasteiger partial charge in [-0.05, 0) is 40.2 Å². The maximum atomic E-state index is 12.4. The third-order valence-corrected chi connectivity index (χ3v) is 4.40. The van der Waals surface area contributed by atoms with Crippen LogP contribution in [-0.4, -0.2) is 21.5 Å². The number of hydrogen-bond donors (Lipinski definition) is 0. The van der Waals surface area contributed by atoms with E-state index in [0.717, 1.165) is 8.79 Å². The largest absolute Gasteiger partial charge is 0.494 e. The average Bonchev–Trinajstić information content (AvgIpc) is 3.05. The predicted octanol–water partition coefficient (Wildman–Crippen LogP) is 2.86. The fraction of sp³-hybridized carbons (Fsp3) is 0.0769. The van der Waals surface area contributed by atoms with Crippen molar-refractivity contribution in [3.63, 3.8) is 0 Å². The fourth-order valence-corrected chi connectivity index (χ4v) is 3.18. The first-order valence-corrected chi connectivity index (χ1v) is 7.37. The van der Waals surface area contributed by atoms with Crippen LogP contribution in [0.5, 0.6) is 5.75 Å². The number of ether oxygens (including phenoxy) is 1. The van der Waals surface area contributed by atoms with Gasteiger partial charge >= 0.3 is 5.69 Å². The molecule has 0 saturated heterocycles. The van der Waals surface area contributed by atoms with Crippen molar-refractivity contribution in [1.29, 1.82) is 0 Å². The Labute approximate surface area is 127 Å². The van der Waals surface area contributed by atoms with E-state index in [4.69, 9.17) is 4.74 Å². The highest BCUT2D eigenvalue weighted by molar-refractivity contribution is 9.11. The van der Waals surface area contributed by atoms with E-state index in [9.17, 15) is 4.79 Å². The molecule has 7 heteroatoms. The maximum Gasteiger partial charge on any atom is 0.355 e. The quantitative estimate of drug-likeness (QED) is 0.728. The van der Waals surface area contributed by atoms with Crippen molar-refractivity contribution in [3.8, 4) is 16.4 Å². The molecule has 0 aliphatic carbocycles. The third kappa shape index (κ3) is 2.19. The normalized spacial score (nSPS) is 10.7. The summed E-state index contributed by atoms with van der Waals surface area (Å²) >= 11 is 4.85. The summed E-state index contributed by atoms with van der Waals surface area (Å²) in [6, 6.07) is 11.0. The van der Waals surface area contributed by atoms with Crippen LogP contribution in [0, 0.1) is 0 Å². The van der Waals surface area contributed by atoms with E-state index in [0.29, 0.717) is 11.4 Å². The van der Waals surface area contributed by atoms with Gasteiger partial charge in [-0.15, -0.1) is 11.3 Å². The summed E-state index contributed by atoms with van der Waals surface area (Å²) in [5.41, 5.74) is 0.387. The predicted molar refractivity (Wildman–Crippen MR) is 81.3 cm³/mol. The van der Waals surface area contributed by atoms with E-state index in [1.165, 1.54) is 26.9 Å². The molecule has 20 heavy (non-hydrogen) atoms. The summed E-state index contributed by atoms with van der Waals surface area (Å²) in [4.78, 5) is 12.4. The lowest BCUT2D eigenvalue weighted by Gasteiger charge is -2.06. The van der Waals surface area contributed by atoms with Crippen molar-refractivity contribution < 1.29 is 4.74 Å². The van der Waals surface area contributed by atoms with Gasteiger partial charge in [0.25, 0.3) is 0 Å². The number of hydrogen-bond acceptors (Lipinski definition) is 4. The van der Waals surface area contributed by atoms with Gasteiger partial charge in [-0.3, -0.25) is 0 Å². The fourth-order valence-electron chi connectivity index (χ4n) is 1.86. The third-order valence-electron chi connectivity index (χ3n) is 2.78. The minimum absolute atomic E-state index is 0.233. The molecule has 2 aromatic heterocycles. The second-order valence-electron chi connectivity index (χ2n) is 3.94. The molecule has 0 saturated carbocycles. The Balaban J connectivity index is 2.13. The van der Waals surface area contributed by atoms with Gasteiger partial charge in [-0.25, -0.2) is 9.36 Å². The van der Waals surface area contributed by atoms with Gasteiger partial charge < -0.3 is 4.74 Å². The first kappa shape index (κ1) is 13.1. The van der Waals surface area contributed by atoms with Gasteiger partial charge in [0, 0.05) is 0 Å². The summed E-state index contributed by atoms with van der Waals surface area (Å²) in [5.74, 6) is 0.604. The van der Waals surface area contributed by atoms with Crippen molar-refractivity contribution in [1.82, 2.24) is 14.3 Å². The molecule has 0 fully saturated rings. The molecule has 2 heterocycles. The zero-order valence-electron chi connectivity index (χ0n) is 10.5. The zero-order chi connectivity index (χ0) is 14.1. The summed E-state index contributed by atoms with van der Waals surface area (Å²) < 4.78 is 9.05. The number of para-hydroxylation sites is 2. The first-order chi connectivity index (χ1) is 9.70. The Morgan fingerprint density at radius 2 is 2.05 bits per heavy atom. The van der Waals surface area contributed by atoms with Gasteiger partial charge in [0.05, 0.1) is 10.9 Å². The number of aromatic nitrogens is 3. The molecule has 0 unspecified atom stereocenters. The number of nitrogens with zero attached hydrogens (tertiary/aromatic N) is 3. The molecule has 5 nitrogen and oxygen atoms in total. The number of rotatable bonds is 3. The Hall–Kier alpha value is -1.86. The molecule has 1 aromatic carbocycles. The average molecular weight is 352 g/mol. The number of methoxy groups -OCH3 is 1. The monoisotopic (exact) mass is 351 g/mol. The minimum Gasteiger partial charge on any atom is -0.494 e. The van der Waals surface area contributed by atoms with Gasteiger partial charge in [0.15, 0.2) is 0 Å². The van der Waals surface area contributed by atoms with E-state index >= 15 is 0 Å². The molecular weight excluding hydrogens is 342 g/mol. The Bertz CT molecular complexity index is 806. The Morgan fingerprint density at radius 3 is 2.75 bits per heavy atom. The van der Waals surface area contributed by atoms with E-state index in [2.05, 4.69) is 21.0 Å². The van der Waals surface area contributed by atoms with Gasteiger partial charge in [-0.2, -0.15) is 9.78 Å². The lowest BCUT2D eigenvalue weighted by Crippen LogP contribution is -2.22. The van der Waals surface area contributed by atoms with Crippen LogP contribution in [-0.2, 0) is 0 Å². The van der Waals surface area contributed by atoms with E-state index in [-0.39, 0.29) is 5.69 Å². The second-order valence-corrected chi connectivity index (χ2v) is 6.39. The van der Waals surface area contributed by atoms with Crippen molar-refractivity contribution in [2.75, 3.05) is 7.11 Å². The molecule has 0 radical (unpaired) electrons. The number of benzene rings is 1. The molecule has 0 amide bonds. The smallest absolute Gasteiger partial charge is 0.355 e. The second kappa shape index (κ2) is 5.26. The molecule has 3 rings (SSSR count). The van der Waals surface area contributed by atoms with Crippen LogP contribution in [0.25, 0.3) is 10.7 Å². The van der Waals surface area contributed by atoms with E-state index in [1.54, 1.807) is 19.2 Å². The van der Waals surface area contributed by atoms with Gasteiger partial charge in [-0.1, -0.05) is 12.1 Å². The van der Waals surface area contributed by atoms with Crippen LogP contribution in [0.1, 0.15) is 0 Å². The molecule has 0 aliphatic rings. The highest BCUT2D eigenvalue weighted by atomic mass is 79.9. The Morgan fingerprint density at radius 1 is 1.25 bits per heavy atom. The van der Waals surface area contributed by atoms with Crippen LogP contribution in [0.15, 0.2) is 51.3 Å². The summed E-state index contributed by atoms with van der Waals surface area (Å²) in [6.07, 6.45) is 1.51. The van der Waals surface area contributed by atoms with Crippen molar-refractivity contribution >= 4 is 27.3 Å². The van der Waals surface area contributed by atoms with Crippen molar-refractivity contribution in [3.05, 3.63) is 57.0 Å². The summed E-state index contributed by atoms with van der Waals surface area (Å²) in [7, 11) is 1.57. The van der Waals surface area contributed by atoms with Crippen molar-refractivity contribution in [2.45, 2.75) is 0 Å². The van der Waals surface area contributed by atoms with Crippen LogP contribution in [0.4, 0.5) is 0 Å². The summed E-state index contributed by atoms with van der Waals surface area (Å²) in [5, 5.41) is 4.97. The van der Waals surface area contributed by atoms with Crippen LogP contribution in [0.3, 0.4) is 0 Å². The van der Waals surface area contributed by atoms with E-state index < -0.39 is 0 Å². The lowest BCUT2D eigenvalue weighted by atomic mass is 10.3. The molecule has 0 atom stereocenters. The molecule has 0 bridgehead atoms. The van der Waals surface area contributed by atoms with Gasteiger partial charge in [0.2, 0.25) is 0 Å². The zero-order valence-corrected chi connectivity index (χ0v) is 12.9. The maximum absolute atomic E-state index is 12.4. The molecular formula is C13H10BrN3O2S. The molecule has 102 valence electrons. The van der Waals surface area contributed by atoms with Crippen LogP contribution in [0.2, 0.25) is 0 Å². The Kier molecular flexibility index (Phi) is 3.45. The number of halogens is 1. The highest BCUT2D eigenvalue weighted by Crippen LogP contribution is 2.25. The topological polar surface area (TPSA) is 49.0 Å². The van der Waals surface area contributed by atoms with Crippen molar-refractivity contribution in [2.24, 2.45) is 0 Å². The highest BCUT2D eigenvalue weighted by Gasteiger charge is 2.13. The summed E-state index contributed by atoms with van der Waals surface area (Å²) in [6.45, 7) is 0. The first-order valence-electron chi connectivity index (χ1n) is 5.76. The van der Waals surface area contributed by atoms with Crippen LogP contribution < -0.4 is 10.4 Å². The number of thiophene rings is 1. The standard InChI is InChI=1S/C13H10BrN3O2S/c1-19-10-5-3-2-4-9(10)17-13(18)16(8-15-17)12-7-6-11(14)20-12/h2-8H,1H3. The molecule has 0 spiro atoms. The SMILES string of the molecule is COc1ccccc1-n1ncn(-c2ccc(Br)s2)c1=O. The lowest BCUT2D eigenvalue weighted by molar-refractivity contribution is 0.411. The molecule has 3 aromatic rings.